The average molecular weight is 372 g/mol. The molecule has 4 rings (SSSR count). The lowest BCUT2D eigenvalue weighted by Crippen LogP contribution is -2.55. The van der Waals surface area contributed by atoms with E-state index in [1.807, 2.05) is 0 Å². The van der Waals surface area contributed by atoms with Crippen LogP contribution in [0.25, 0.3) is 0 Å². The molecule has 2 saturated heterocycles. The van der Waals surface area contributed by atoms with Crippen molar-refractivity contribution >= 4 is 13.6 Å². The third-order valence-corrected chi connectivity index (χ3v) is 6.37. The molecule has 1 unspecified atom stereocenters. The first-order chi connectivity index (χ1) is 11.8. The van der Waals surface area contributed by atoms with E-state index in [1.54, 1.807) is 6.92 Å². The van der Waals surface area contributed by atoms with E-state index in [4.69, 9.17) is 29.8 Å². The molecule has 1 aromatic rings. The van der Waals surface area contributed by atoms with Crippen molar-refractivity contribution in [2.24, 2.45) is 5.73 Å². The third kappa shape index (κ3) is 2.92. The summed E-state index contributed by atoms with van der Waals surface area (Å²) in [5.41, 5.74) is 10.2. The Balaban J connectivity index is 1.59. The molecule has 0 aromatic carbocycles. The number of phosphoric ester groups is 1. The highest BCUT2D eigenvalue weighted by atomic mass is 31.2. The summed E-state index contributed by atoms with van der Waals surface area (Å²) in [6, 6.07) is 1.48. The van der Waals surface area contributed by atoms with Crippen LogP contribution in [-0.2, 0) is 22.9 Å². The number of nitrogens with two attached hydrogens (primary N) is 2. The van der Waals surface area contributed by atoms with Crippen molar-refractivity contribution in [3.8, 4) is 0 Å². The van der Waals surface area contributed by atoms with Gasteiger partial charge in [0.2, 0.25) is 0 Å². The van der Waals surface area contributed by atoms with Gasteiger partial charge in [0, 0.05) is 6.20 Å². The number of nitrogen functional groups attached to an aromatic ring is 1. The number of hydrogen-bond acceptors (Lipinski definition) is 9. The molecular formula is C14H21N4O6P. The standard InChI is InChI=1S/C14H21N4O6P/c1-14(16)11-9(7-21-25(20,24-11)23-8-3-2-4-8)22-12(14)18-6-5-10(15)17-13(18)19/h5-6,8-9,11-12H,2-4,7,16H2,1H3,(H2,15,17,19)/t9-,11-,12-,14-,25?/m1/s1. The topological polar surface area (TPSA) is 141 Å². The number of rotatable bonds is 3. The van der Waals surface area contributed by atoms with Crippen LogP contribution in [0.3, 0.4) is 0 Å². The van der Waals surface area contributed by atoms with Gasteiger partial charge in [-0.25, -0.2) is 9.36 Å². The Labute approximate surface area is 144 Å². The predicted octanol–water partition coefficient (Wildman–Crippen LogP) is 0.533. The zero-order chi connectivity index (χ0) is 17.8. The van der Waals surface area contributed by atoms with E-state index in [-0.39, 0.29) is 18.5 Å². The highest BCUT2D eigenvalue weighted by Gasteiger charge is 2.59. The fourth-order valence-electron chi connectivity index (χ4n) is 3.25. The quantitative estimate of drug-likeness (QED) is 0.727. The Morgan fingerprint density at radius 3 is 2.88 bits per heavy atom. The van der Waals surface area contributed by atoms with Crippen LogP contribution >= 0.6 is 7.82 Å². The van der Waals surface area contributed by atoms with Crippen molar-refractivity contribution < 1.29 is 22.9 Å². The van der Waals surface area contributed by atoms with Gasteiger partial charge in [-0.3, -0.25) is 18.1 Å². The molecule has 1 aromatic heterocycles. The highest BCUT2D eigenvalue weighted by Crippen LogP contribution is 2.59. The second-order valence-electron chi connectivity index (χ2n) is 6.86. The van der Waals surface area contributed by atoms with Gasteiger partial charge < -0.3 is 16.2 Å². The van der Waals surface area contributed by atoms with E-state index in [2.05, 4.69) is 4.98 Å². The van der Waals surface area contributed by atoms with E-state index < -0.39 is 37.5 Å². The average Bonchev–Trinajstić information content (AvgIpc) is 2.75. The molecule has 10 nitrogen and oxygen atoms in total. The van der Waals surface area contributed by atoms with Crippen LogP contribution in [0.1, 0.15) is 32.4 Å². The van der Waals surface area contributed by atoms with Gasteiger partial charge in [-0.05, 0) is 32.3 Å². The minimum atomic E-state index is -3.71. The molecule has 3 fully saturated rings. The normalized spacial score (nSPS) is 41.3. The Morgan fingerprint density at radius 1 is 1.48 bits per heavy atom. The molecule has 11 heteroatoms. The second-order valence-corrected chi connectivity index (χ2v) is 8.44. The number of hydrogen-bond donors (Lipinski definition) is 2. The highest BCUT2D eigenvalue weighted by molar-refractivity contribution is 7.48. The lowest BCUT2D eigenvalue weighted by Gasteiger charge is -2.38. The van der Waals surface area contributed by atoms with E-state index >= 15 is 0 Å². The van der Waals surface area contributed by atoms with Gasteiger partial charge in [0.25, 0.3) is 0 Å². The minimum Gasteiger partial charge on any atom is -0.383 e. The fourth-order valence-corrected chi connectivity index (χ4v) is 4.97. The van der Waals surface area contributed by atoms with Gasteiger partial charge in [-0.15, -0.1) is 0 Å². The summed E-state index contributed by atoms with van der Waals surface area (Å²) in [4.78, 5) is 15.8. The first-order valence-corrected chi connectivity index (χ1v) is 9.65. The predicted molar refractivity (Wildman–Crippen MR) is 86.6 cm³/mol. The summed E-state index contributed by atoms with van der Waals surface area (Å²) >= 11 is 0. The fraction of sp³-hybridized carbons (Fsp3) is 0.714. The van der Waals surface area contributed by atoms with Crippen molar-refractivity contribution in [3.05, 3.63) is 22.7 Å². The monoisotopic (exact) mass is 372 g/mol. The second kappa shape index (κ2) is 5.87. The molecule has 0 radical (unpaired) electrons. The summed E-state index contributed by atoms with van der Waals surface area (Å²) in [5.74, 6) is 0.105. The summed E-state index contributed by atoms with van der Waals surface area (Å²) in [6.07, 6.45) is 1.85. The zero-order valence-electron chi connectivity index (χ0n) is 13.7. The van der Waals surface area contributed by atoms with E-state index in [9.17, 15) is 9.36 Å². The van der Waals surface area contributed by atoms with Gasteiger partial charge in [0.05, 0.1) is 18.2 Å². The Kier molecular flexibility index (Phi) is 4.02. The molecule has 0 amide bonds. The van der Waals surface area contributed by atoms with Gasteiger partial charge in [0.15, 0.2) is 6.23 Å². The van der Waals surface area contributed by atoms with Crippen LogP contribution in [0.2, 0.25) is 0 Å². The molecule has 1 aliphatic carbocycles. The SMILES string of the molecule is C[C@@]1(N)[C@@H]2OP(=O)(OC3CCC3)OC[C@H]2O[C@H]1n1ccc(N)nc1=O. The van der Waals surface area contributed by atoms with Crippen molar-refractivity contribution in [2.75, 3.05) is 12.3 Å². The van der Waals surface area contributed by atoms with Crippen LogP contribution in [-0.4, -0.2) is 40.0 Å². The van der Waals surface area contributed by atoms with Crippen LogP contribution in [0.5, 0.6) is 0 Å². The van der Waals surface area contributed by atoms with E-state index in [1.165, 1.54) is 16.8 Å². The summed E-state index contributed by atoms with van der Waals surface area (Å²) in [5, 5.41) is 0. The van der Waals surface area contributed by atoms with Gasteiger partial charge in [-0.2, -0.15) is 4.98 Å². The molecule has 5 atom stereocenters. The maximum atomic E-state index is 12.7. The first kappa shape index (κ1) is 17.1. The molecular weight excluding hydrogens is 351 g/mol. The number of nitrogens with zero attached hydrogens (tertiary/aromatic N) is 2. The van der Waals surface area contributed by atoms with E-state index in [0.717, 1.165) is 19.3 Å². The van der Waals surface area contributed by atoms with E-state index in [0.29, 0.717) is 0 Å². The van der Waals surface area contributed by atoms with Crippen LogP contribution in [0.15, 0.2) is 17.1 Å². The van der Waals surface area contributed by atoms with Gasteiger partial charge >= 0.3 is 13.5 Å². The maximum Gasteiger partial charge on any atom is 0.475 e. The smallest absolute Gasteiger partial charge is 0.383 e. The molecule has 2 aliphatic heterocycles. The third-order valence-electron chi connectivity index (χ3n) is 4.86. The van der Waals surface area contributed by atoms with Crippen molar-refractivity contribution in [1.29, 1.82) is 0 Å². The number of phosphoric acid groups is 1. The Morgan fingerprint density at radius 2 is 2.24 bits per heavy atom. The molecule has 1 saturated carbocycles. The lowest BCUT2D eigenvalue weighted by atomic mass is 9.93. The summed E-state index contributed by atoms with van der Waals surface area (Å²) < 4.78 is 36.3. The Bertz CT molecular complexity index is 779. The Hall–Kier alpha value is -1.29. The van der Waals surface area contributed by atoms with Crippen LogP contribution < -0.4 is 17.2 Å². The minimum absolute atomic E-state index is 0.00903. The molecule has 138 valence electrons. The summed E-state index contributed by atoms with van der Waals surface area (Å²) in [7, 11) is -3.71. The molecule has 3 heterocycles. The zero-order valence-corrected chi connectivity index (χ0v) is 14.6. The van der Waals surface area contributed by atoms with Crippen molar-refractivity contribution in [2.45, 2.75) is 56.3 Å². The number of aromatic nitrogens is 2. The maximum absolute atomic E-state index is 12.7. The van der Waals surface area contributed by atoms with Gasteiger partial charge in [0.1, 0.15) is 18.0 Å². The molecule has 0 bridgehead atoms. The molecule has 4 N–H and O–H groups in total. The summed E-state index contributed by atoms with van der Waals surface area (Å²) in [6.45, 7) is 1.68. The number of ether oxygens (including phenoxy) is 1. The molecule has 3 aliphatic rings. The largest absolute Gasteiger partial charge is 0.475 e. The first-order valence-electron chi connectivity index (χ1n) is 8.19. The van der Waals surface area contributed by atoms with Crippen LogP contribution in [0, 0.1) is 0 Å². The number of fused-ring (bicyclic) bond motifs is 1. The van der Waals surface area contributed by atoms with Crippen molar-refractivity contribution in [1.82, 2.24) is 9.55 Å². The number of anilines is 1. The van der Waals surface area contributed by atoms with Crippen molar-refractivity contribution in [3.63, 3.8) is 0 Å². The van der Waals surface area contributed by atoms with Crippen LogP contribution in [0.4, 0.5) is 5.82 Å². The lowest BCUT2D eigenvalue weighted by molar-refractivity contribution is -0.0799. The molecule has 0 spiro atoms. The molecule has 25 heavy (non-hydrogen) atoms. The van der Waals surface area contributed by atoms with Gasteiger partial charge in [-0.1, -0.05) is 0 Å².